The number of carbonyl (C=O) groups is 1. The molecule has 4 nitrogen and oxygen atoms in total. The highest BCUT2D eigenvalue weighted by atomic mass is 16.5. The summed E-state index contributed by atoms with van der Waals surface area (Å²) in [5.74, 6) is -0.869. The fourth-order valence-electron chi connectivity index (χ4n) is 0.943. The van der Waals surface area contributed by atoms with Crippen LogP contribution in [0.15, 0.2) is 0 Å². The van der Waals surface area contributed by atoms with Crippen molar-refractivity contribution in [3.63, 3.8) is 0 Å². The predicted octanol–water partition coefficient (Wildman–Crippen LogP) is 0.461. The summed E-state index contributed by atoms with van der Waals surface area (Å²) in [6.45, 7) is 4.26. The second-order valence-electron chi connectivity index (χ2n) is 3.63. The van der Waals surface area contributed by atoms with Crippen molar-refractivity contribution in [1.82, 2.24) is 0 Å². The van der Waals surface area contributed by atoms with Crippen molar-refractivity contribution >= 4 is 5.97 Å². The van der Waals surface area contributed by atoms with Crippen LogP contribution in [0.2, 0.25) is 0 Å². The van der Waals surface area contributed by atoms with Crippen LogP contribution < -0.4 is 5.73 Å². The Morgan fingerprint density at radius 1 is 1.67 bits per heavy atom. The molecule has 0 saturated carbocycles. The molecule has 4 heteroatoms. The molecule has 0 saturated heterocycles. The zero-order valence-electron chi connectivity index (χ0n) is 7.83. The van der Waals surface area contributed by atoms with Gasteiger partial charge in [0, 0.05) is 18.6 Å². The molecule has 0 unspecified atom stereocenters. The number of methoxy groups -OCH3 is 1. The summed E-state index contributed by atoms with van der Waals surface area (Å²) in [5.41, 5.74) is 5.39. The molecule has 0 aromatic carbocycles. The molecule has 0 rings (SSSR count). The Hall–Kier alpha value is -0.610. The van der Waals surface area contributed by atoms with E-state index in [-0.39, 0.29) is 17.9 Å². The minimum absolute atomic E-state index is 0.0175. The topological polar surface area (TPSA) is 72.5 Å². The first-order valence-corrected chi connectivity index (χ1v) is 3.86. The Bertz CT molecular complexity index is 156. The number of ether oxygens (including phenoxy) is 1. The van der Waals surface area contributed by atoms with Gasteiger partial charge in [-0.25, -0.2) is 0 Å². The van der Waals surface area contributed by atoms with Gasteiger partial charge in [-0.05, 0) is 0 Å². The molecule has 72 valence electrons. The van der Waals surface area contributed by atoms with E-state index in [0.29, 0.717) is 6.61 Å². The van der Waals surface area contributed by atoms with E-state index in [2.05, 4.69) is 0 Å². The van der Waals surface area contributed by atoms with E-state index in [1.54, 1.807) is 7.11 Å². The lowest BCUT2D eigenvalue weighted by Gasteiger charge is -2.29. The third-order valence-electron chi connectivity index (χ3n) is 1.91. The maximum Gasteiger partial charge on any atom is 0.304 e. The molecule has 1 atom stereocenters. The highest BCUT2D eigenvalue weighted by molar-refractivity contribution is 5.67. The summed E-state index contributed by atoms with van der Waals surface area (Å²) in [4.78, 5) is 10.3. The van der Waals surface area contributed by atoms with Crippen molar-refractivity contribution in [3.05, 3.63) is 0 Å². The lowest BCUT2D eigenvalue weighted by atomic mass is 9.84. The van der Waals surface area contributed by atoms with Crippen LogP contribution in [0.25, 0.3) is 0 Å². The zero-order chi connectivity index (χ0) is 9.78. The summed E-state index contributed by atoms with van der Waals surface area (Å²) in [6, 6.07) is -0.366. The van der Waals surface area contributed by atoms with E-state index < -0.39 is 5.97 Å². The Morgan fingerprint density at radius 3 is 2.50 bits per heavy atom. The van der Waals surface area contributed by atoms with Crippen molar-refractivity contribution in [2.24, 2.45) is 11.1 Å². The molecule has 0 aliphatic heterocycles. The summed E-state index contributed by atoms with van der Waals surface area (Å²) < 4.78 is 4.94. The quantitative estimate of drug-likeness (QED) is 0.636. The highest BCUT2D eigenvalue weighted by Crippen LogP contribution is 2.21. The van der Waals surface area contributed by atoms with Crippen LogP contribution >= 0.6 is 0 Å². The Kier molecular flexibility index (Phi) is 4.20. The van der Waals surface area contributed by atoms with Gasteiger partial charge in [0.15, 0.2) is 0 Å². The van der Waals surface area contributed by atoms with Crippen molar-refractivity contribution in [2.45, 2.75) is 26.3 Å². The number of hydrogen-bond acceptors (Lipinski definition) is 3. The van der Waals surface area contributed by atoms with E-state index in [9.17, 15) is 4.79 Å². The van der Waals surface area contributed by atoms with E-state index >= 15 is 0 Å². The average Bonchev–Trinajstić information content (AvgIpc) is 1.85. The van der Waals surface area contributed by atoms with Gasteiger partial charge in [-0.1, -0.05) is 13.8 Å². The van der Waals surface area contributed by atoms with E-state index in [4.69, 9.17) is 15.6 Å². The Balaban J connectivity index is 4.04. The van der Waals surface area contributed by atoms with Crippen LogP contribution in [0.4, 0.5) is 0 Å². The SMILES string of the molecule is COCC(C)(C)[C@@H](N)CC(=O)O. The van der Waals surface area contributed by atoms with Crippen molar-refractivity contribution in [1.29, 1.82) is 0 Å². The lowest BCUT2D eigenvalue weighted by molar-refractivity contribution is -0.138. The maximum absolute atomic E-state index is 10.3. The van der Waals surface area contributed by atoms with E-state index in [1.165, 1.54) is 0 Å². The van der Waals surface area contributed by atoms with Gasteiger partial charge in [-0.15, -0.1) is 0 Å². The van der Waals surface area contributed by atoms with Gasteiger partial charge in [-0.2, -0.15) is 0 Å². The summed E-state index contributed by atoms with van der Waals surface area (Å²) in [6.07, 6.45) is -0.0175. The predicted molar refractivity (Wildman–Crippen MR) is 45.9 cm³/mol. The normalized spacial score (nSPS) is 14.3. The second kappa shape index (κ2) is 4.42. The smallest absolute Gasteiger partial charge is 0.304 e. The van der Waals surface area contributed by atoms with Gasteiger partial charge in [0.2, 0.25) is 0 Å². The number of nitrogens with two attached hydrogens (primary N) is 1. The van der Waals surface area contributed by atoms with E-state index in [0.717, 1.165) is 0 Å². The lowest BCUT2D eigenvalue weighted by Crippen LogP contribution is -2.41. The van der Waals surface area contributed by atoms with Gasteiger partial charge in [0.05, 0.1) is 13.0 Å². The molecule has 0 heterocycles. The minimum atomic E-state index is -0.869. The molecule has 0 aromatic heterocycles. The fraction of sp³-hybridized carbons (Fsp3) is 0.875. The summed E-state index contributed by atoms with van der Waals surface area (Å²) in [5, 5.41) is 8.49. The second-order valence-corrected chi connectivity index (χ2v) is 3.63. The van der Waals surface area contributed by atoms with Gasteiger partial charge >= 0.3 is 5.97 Å². The molecule has 12 heavy (non-hydrogen) atoms. The van der Waals surface area contributed by atoms with Crippen molar-refractivity contribution in [3.8, 4) is 0 Å². The molecule has 0 aliphatic carbocycles. The van der Waals surface area contributed by atoms with Crippen LogP contribution in [-0.4, -0.2) is 30.8 Å². The molecule has 0 amide bonds. The largest absolute Gasteiger partial charge is 0.481 e. The number of carboxylic acid groups (broad SMARTS) is 1. The zero-order valence-corrected chi connectivity index (χ0v) is 7.83. The van der Waals surface area contributed by atoms with Crippen molar-refractivity contribution in [2.75, 3.05) is 13.7 Å². The monoisotopic (exact) mass is 175 g/mol. The molecule has 0 spiro atoms. The van der Waals surface area contributed by atoms with Gasteiger partial charge in [-0.3, -0.25) is 4.79 Å². The number of aliphatic carboxylic acids is 1. The molecule has 0 bridgehead atoms. The Morgan fingerprint density at radius 2 is 2.17 bits per heavy atom. The third-order valence-corrected chi connectivity index (χ3v) is 1.91. The summed E-state index contributed by atoms with van der Waals surface area (Å²) in [7, 11) is 1.58. The van der Waals surface area contributed by atoms with Crippen LogP contribution in [0.5, 0.6) is 0 Å². The Labute approximate surface area is 72.7 Å². The minimum Gasteiger partial charge on any atom is -0.481 e. The van der Waals surface area contributed by atoms with Crippen LogP contribution in [0.1, 0.15) is 20.3 Å². The molecular formula is C8H17NO3. The van der Waals surface area contributed by atoms with Crippen molar-refractivity contribution < 1.29 is 14.6 Å². The highest BCUT2D eigenvalue weighted by Gasteiger charge is 2.27. The molecule has 0 radical (unpaired) electrons. The van der Waals surface area contributed by atoms with Gasteiger partial charge in [0.1, 0.15) is 0 Å². The van der Waals surface area contributed by atoms with Gasteiger partial charge < -0.3 is 15.6 Å². The van der Waals surface area contributed by atoms with Gasteiger partial charge in [0.25, 0.3) is 0 Å². The first-order chi connectivity index (χ1) is 5.40. The maximum atomic E-state index is 10.3. The molecule has 0 fully saturated rings. The first-order valence-electron chi connectivity index (χ1n) is 3.86. The van der Waals surface area contributed by atoms with Crippen LogP contribution in [0.3, 0.4) is 0 Å². The summed E-state index contributed by atoms with van der Waals surface area (Å²) >= 11 is 0. The molecule has 0 aromatic rings. The average molecular weight is 175 g/mol. The molecule has 3 N–H and O–H groups in total. The fourth-order valence-corrected chi connectivity index (χ4v) is 0.943. The van der Waals surface area contributed by atoms with Crippen LogP contribution in [0, 0.1) is 5.41 Å². The molecule has 0 aliphatic rings. The standard InChI is InChI=1S/C8H17NO3/c1-8(2,5-12-3)6(9)4-7(10)11/h6H,4-5,9H2,1-3H3,(H,10,11)/t6-/m0/s1. The van der Waals surface area contributed by atoms with E-state index in [1.807, 2.05) is 13.8 Å². The molecular weight excluding hydrogens is 158 g/mol. The van der Waals surface area contributed by atoms with Crippen LogP contribution in [-0.2, 0) is 9.53 Å². The number of rotatable bonds is 5. The first kappa shape index (κ1) is 11.4. The number of hydrogen-bond donors (Lipinski definition) is 2. The third kappa shape index (κ3) is 3.69. The number of carboxylic acids is 1.